The van der Waals surface area contributed by atoms with Crippen LogP contribution in [-0.4, -0.2) is 55.9 Å². The number of nitrogens with zero attached hydrogens (tertiary/aromatic N) is 1. The molecule has 0 bridgehead atoms. The van der Waals surface area contributed by atoms with Gasteiger partial charge < -0.3 is 10.4 Å². The highest BCUT2D eigenvalue weighted by atomic mass is 32.2. The standard InChI is InChI=1S/C13H27N2O3S/c1-12(2)13(11-16)14-7-6-10-19(17,18)15-8-4-3-5-9-15/h3,12-14,16H,4-11H2,1-2H3. The van der Waals surface area contributed by atoms with E-state index in [2.05, 4.69) is 11.7 Å². The summed E-state index contributed by atoms with van der Waals surface area (Å²) < 4.78 is 25.7. The van der Waals surface area contributed by atoms with Crippen LogP contribution in [-0.2, 0) is 10.0 Å². The van der Waals surface area contributed by atoms with Gasteiger partial charge in [-0.1, -0.05) is 13.8 Å². The van der Waals surface area contributed by atoms with E-state index in [9.17, 15) is 8.42 Å². The number of aliphatic hydroxyl groups is 1. The summed E-state index contributed by atoms with van der Waals surface area (Å²) in [6.07, 6.45) is 4.45. The van der Waals surface area contributed by atoms with Crippen LogP contribution in [0.3, 0.4) is 0 Å². The summed E-state index contributed by atoms with van der Waals surface area (Å²) in [5, 5.41) is 12.4. The maximum Gasteiger partial charge on any atom is 0.214 e. The molecule has 0 amide bonds. The minimum absolute atomic E-state index is 0.0484. The highest BCUT2D eigenvalue weighted by Crippen LogP contribution is 2.13. The first-order valence-electron chi connectivity index (χ1n) is 7.11. The molecule has 0 aromatic rings. The van der Waals surface area contributed by atoms with Crippen molar-refractivity contribution in [1.82, 2.24) is 9.62 Å². The van der Waals surface area contributed by atoms with Crippen LogP contribution in [0.15, 0.2) is 0 Å². The van der Waals surface area contributed by atoms with E-state index in [1.54, 1.807) is 4.31 Å². The SMILES string of the molecule is CC(C)C(CO)NCCCS(=O)(=O)N1CC[CH]CC1. The second-order valence-corrected chi connectivity index (χ2v) is 7.51. The van der Waals surface area contributed by atoms with Gasteiger partial charge in [0.05, 0.1) is 12.4 Å². The summed E-state index contributed by atoms with van der Waals surface area (Å²) in [5.41, 5.74) is 0. The summed E-state index contributed by atoms with van der Waals surface area (Å²) in [7, 11) is -3.10. The summed E-state index contributed by atoms with van der Waals surface area (Å²) in [4.78, 5) is 0. The number of hydrogen-bond donors (Lipinski definition) is 2. The summed E-state index contributed by atoms with van der Waals surface area (Å²) >= 11 is 0. The highest BCUT2D eigenvalue weighted by molar-refractivity contribution is 7.89. The van der Waals surface area contributed by atoms with Crippen molar-refractivity contribution in [2.45, 2.75) is 39.2 Å². The largest absolute Gasteiger partial charge is 0.395 e. The Morgan fingerprint density at radius 3 is 2.47 bits per heavy atom. The van der Waals surface area contributed by atoms with Gasteiger partial charge >= 0.3 is 0 Å². The average molecular weight is 291 g/mol. The maximum absolute atomic E-state index is 12.1. The Balaban J connectivity index is 2.27. The van der Waals surface area contributed by atoms with Crippen molar-refractivity contribution < 1.29 is 13.5 Å². The Morgan fingerprint density at radius 2 is 1.95 bits per heavy atom. The number of hydrogen-bond acceptors (Lipinski definition) is 4. The number of nitrogens with one attached hydrogen (secondary N) is 1. The zero-order chi connectivity index (χ0) is 14.3. The zero-order valence-electron chi connectivity index (χ0n) is 12.0. The third kappa shape index (κ3) is 5.77. The smallest absolute Gasteiger partial charge is 0.214 e. The van der Waals surface area contributed by atoms with E-state index in [-0.39, 0.29) is 18.4 Å². The minimum atomic E-state index is -3.10. The molecular weight excluding hydrogens is 264 g/mol. The van der Waals surface area contributed by atoms with Gasteiger partial charge in [-0.05, 0) is 38.1 Å². The van der Waals surface area contributed by atoms with Crippen LogP contribution >= 0.6 is 0 Å². The van der Waals surface area contributed by atoms with Crippen LogP contribution in [0.2, 0.25) is 0 Å². The predicted octanol–water partition coefficient (Wildman–Crippen LogP) is 0.613. The van der Waals surface area contributed by atoms with E-state index in [4.69, 9.17) is 5.11 Å². The molecule has 113 valence electrons. The molecule has 19 heavy (non-hydrogen) atoms. The Morgan fingerprint density at radius 1 is 1.32 bits per heavy atom. The van der Waals surface area contributed by atoms with Gasteiger partial charge in [-0.15, -0.1) is 0 Å². The molecular formula is C13H27N2O3S. The molecule has 0 saturated carbocycles. The van der Waals surface area contributed by atoms with Crippen LogP contribution in [0.4, 0.5) is 0 Å². The van der Waals surface area contributed by atoms with Crippen molar-refractivity contribution >= 4 is 10.0 Å². The van der Waals surface area contributed by atoms with Crippen LogP contribution < -0.4 is 5.32 Å². The topological polar surface area (TPSA) is 69.6 Å². The Bertz CT molecular complexity index is 338. The Labute approximate surface area is 117 Å². The zero-order valence-corrected chi connectivity index (χ0v) is 12.8. The minimum Gasteiger partial charge on any atom is -0.395 e. The summed E-state index contributed by atoms with van der Waals surface area (Å²) in [5.74, 6) is 0.537. The Hall–Kier alpha value is -0.170. The normalized spacial score (nSPS) is 19.8. The molecule has 1 radical (unpaired) electrons. The van der Waals surface area contributed by atoms with Crippen LogP contribution in [0.1, 0.15) is 33.1 Å². The molecule has 1 unspecified atom stereocenters. The molecule has 1 aliphatic heterocycles. The van der Waals surface area contributed by atoms with Gasteiger partial charge in [0.15, 0.2) is 0 Å². The van der Waals surface area contributed by atoms with Crippen molar-refractivity contribution in [3.63, 3.8) is 0 Å². The summed E-state index contributed by atoms with van der Waals surface area (Å²) in [6.45, 7) is 6.04. The van der Waals surface area contributed by atoms with E-state index in [0.29, 0.717) is 32.0 Å². The van der Waals surface area contributed by atoms with Gasteiger partial charge in [0.2, 0.25) is 10.0 Å². The van der Waals surface area contributed by atoms with Gasteiger partial charge in [0, 0.05) is 19.1 Å². The first-order chi connectivity index (χ1) is 8.97. The molecule has 1 fully saturated rings. The monoisotopic (exact) mass is 291 g/mol. The molecule has 1 rings (SSSR count). The number of piperidine rings is 1. The van der Waals surface area contributed by atoms with Gasteiger partial charge in [0.1, 0.15) is 0 Å². The van der Waals surface area contributed by atoms with E-state index in [1.165, 1.54) is 0 Å². The molecule has 0 spiro atoms. The third-order valence-electron chi connectivity index (χ3n) is 3.55. The second kappa shape index (κ2) is 8.19. The van der Waals surface area contributed by atoms with Crippen LogP contribution in [0.5, 0.6) is 0 Å². The predicted molar refractivity (Wildman–Crippen MR) is 77.2 cm³/mol. The van der Waals surface area contributed by atoms with Crippen molar-refractivity contribution in [2.24, 2.45) is 5.92 Å². The lowest BCUT2D eigenvalue weighted by Crippen LogP contribution is -2.40. The van der Waals surface area contributed by atoms with Gasteiger partial charge in [-0.3, -0.25) is 0 Å². The van der Waals surface area contributed by atoms with Gasteiger partial charge in [-0.25, -0.2) is 12.7 Å². The summed E-state index contributed by atoms with van der Waals surface area (Å²) in [6, 6.07) is 0.0484. The highest BCUT2D eigenvalue weighted by Gasteiger charge is 2.23. The molecule has 1 saturated heterocycles. The molecule has 2 N–H and O–H groups in total. The second-order valence-electron chi connectivity index (χ2n) is 5.42. The van der Waals surface area contributed by atoms with E-state index >= 15 is 0 Å². The lowest BCUT2D eigenvalue weighted by Gasteiger charge is -2.26. The fourth-order valence-corrected chi connectivity index (χ4v) is 3.72. The first kappa shape index (κ1) is 16.9. The van der Waals surface area contributed by atoms with Gasteiger partial charge in [0.25, 0.3) is 0 Å². The quantitative estimate of drug-likeness (QED) is 0.643. The first-order valence-corrected chi connectivity index (χ1v) is 8.72. The number of rotatable bonds is 8. The van der Waals surface area contributed by atoms with Gasteiger partial charge in [-0.2, -0.15) is 0 Å². The molecule has 1 atom stereocenters. The fraction of sp³-hybridized carbons (Fsp3) is 0.923. The van der Waals surface area contributed by atoms with Crippen molar-refractivity contribution in [2.75, 3.05) is 32.0 Å². The molecule has 0 aromatic heterocycles. The lowest BCUT2D eigenvalue weighted by molar-refractivity contribution is 0.211. The fourth-order valence-electron chi connectivity index (χ4n) is 2.19. The molecule has 0 aromatic carbocycles. The van der Waals surface area contributed by atoms with E-state index < -0.39 is 10.0 Å². The molecule has 5 nitrogen and oxygen atoms in total. The molecule has 1 aliphatic rings. The molecule has 0 aliphatic carbocycles. The van der Waals surface area contributed by atoms with Crippen molar-refractivity contribution in [1.29, 1.82) is 0 Å². The van der Waals surface area contributed by atoms with Crippen LogP contribution in [0, 0.1) is 12.3 Å². The lowest BCUT2D eigenvalue weighted by atomic mass is 10.1. The van der Waals surface area contributed by atoms with Crippen molar-refractivity contribution in [3.05, 3.63) is 6.42 Å². The van der Waals surface area contributed by atoms with E-state index in [1.807, 2.05) is 13.8 Å². The maximum atomic E-state index is 12.1. The third-order valence-corrected chi connectivity index (χ3v) is 5.50. The van der Waals surface area contributed by atoms with E-state index in [0.717, 1.165) is 12.8 Å². The molecule has 1 heterocycles. The number of aliphatic hydroxyl groups excluding tert-OH is 1. The van der Waals surface area contributed by atoms with Crippen molar-refractivity contribution in [3.8, 4) is 0 Å². The number of sulfonamides is 1. The molecule has 6 heteroatoms. The van der Waals surface area contributed by atoms with Crippen LogP contribution in [0.25, 0.3) is 0 Å². The average Bonchev–Trinajstić information content (AvgIpc) is 2.39. The Kier molecular flexibility index (Phi) is 7.28.